The van der Waals surface area contributed by atoms with Gasteiger partial charge in [0.1, 0.15) is 11.6 Å². The predicted molar refractivity (Wildman–Crippen MR) is 139 cm³/mol. The largest absolute Gasteiger partial charge is 0.498 e. The van der Waals surface area contributed by atoms with Crippen LogP contribution in [0.15, 0.2) is 12.4 Å². The normalized spacial score (nSPS) is 22.2. The molecule has 2 fully saturated rings. The van der Waals surface area contributed by atoms with Gasteiger partial charge in [0.25, 0.3) is 0 Å². The molecule has 1 N–H and O–H groups in total. The molecule has 2 atom stereocenters. The van der Waals surface area contributed by atoms with Crippen molar-refractivity contribution in [3.63, 3.8) is 0 Å². The third-order valence-corrected chi connectivity index (χ3v) is 6.99. The van der Waals surface area contributed by atoms with Crippen molar-refractivity contribution >= 4 is 30.5 Å². The Morgan fingerprint density at radius 1 is 1.22 bits per heavy atom. The molecule has 36 heavy (non-hydrogen) atoms. The first-order valence-electron chi connectivity index (χ1n) is 12.7. The number of aromatic nitrogens is 2. The fourth-order valence-corrected chi connectivity index (χ4v) is 4.33. The van der Waals surface area contributed by atoms with E-state index < -0.39 is 36.1 Å². The van der Waals surface area contributed by atoms with Gasteiger partial charge < -0.3 is 29.2 Å². The Kier molecular flexibility index (Phi) is 8.25. The summed E-state index contributed by atoms with van der Waals surface area (Å²) in [6, 6.07) is -0.651. The molecule has 3 rings (SSSR count). The summed E-state index contributed by atoms with van der Waals surface area (Å²) in [4.78, 5) is 37.9. The fourth-order valence-electron chi connectivity index (χ4n) is 4.33. The number of piperidine rings is 1. The van der Waals surface area contributed by atoms with Crippen LogP contribution < -0.4 is 15.7 Å². The zero-order valence-electron chi connectivity index (χ0n) is 23.3. The number of hydrogen-bond donors (Lipinski definition) is 1. The minimum Gasteiger partial charge on any atom is -0.444 e. The SMILES string of the molecule is C[C@H](NC(=O)OC(C)(C)C)C(=O)N1CCC[C@H](CN(C)c2ncc(B3OC(C)(C)C(C)(C)O3)cn2)C1. The predicted octanol–water partition coefficient (Wildman–Crippen LogP) is 2.36. The van der Waals surface area contributed by atoms with Gasteiger partial charge in [0, 0.05) is 44.5 Å². The van der Waals surface area contributed by atoms with E-state index in [2.05, 4.69) is 15.3 Å². The lowest BCUT2D eigenvalue weighted by molar-refractivity contribution is -0.134. The van der Waals surface area contributed by atoms with Gasteiger partial charge in [0.2, 0.25) is 11.9 Å². The second kappa shape index (κ2) is 10.5. The first-order chi connectivity index (χ1) is 16.6. The topological polar surface area (TPSA) is 106 Å². The smallest absolute Gasteiger partial charge is 0.444 e. The Hall–Kier alpha value is -2.40. The number of rotatable bonds is 6. The summed E-state index contributed by atoms with van der Waals surface area (Å²) in [5.74, 6) is 0.780. The van der Waals surface area contributed by atoms with Gasteiger partial charge in [-0.05, 0) is 74.1 Å². The fraction of sp³-hybridized carbons (Fsp3) is 0.760. The molecule has 1 aromatic heterocycles. The molecule has 1 aromatic rings. The maximum atomic E-state index is 12.9. The first kappa shape index (κ1) is 28.2. The number of likely N-dealkylation sites (tertiary alicyclic amines) is 1. The molecular weight excluding hydrogens is 461 g/mol. The van der Waals surface area contributed by atoms with Crippen LogP contribution in [-0.2, 0) is 18.8 Å². The summed E-state index contributed by atoms with van der Waals surface area (Å²) in [6.07, 6.45) is 4.83. The molecule has 2 amide bonds. The van der Waals surface area contributed by atoms with Crippen LogP contribution in [0.25, 0.3) is 0 Å². The van der Waals surface area contributed by atoms with Crippen LogP contribution >= 0.6 is 0 Å². The van der Waals surface area contributed by atoms with Gasteiger partial charge in [-0.3, -0.25) is 4.79 Å². The minimum absolute atomic E-state index is 0.101. The zero-order chi connectivity index (χ0) is 26.9. The number of carbonyl (C=O) groups is 2. The van der Waals surface area contributed by atoms with E-state index in [1.807, 2.05) is 44.5 Å². The van der Waals surface area contributed by atoms with Gasteiger partial charge in [-0.1, -0.05) is 0 Å². The lowest BCUT2D eigenvalue weighted by Gasteiger charge is -2.36. The summed E-state index contributed by atoms with van der Waals surface area (Å²) in [6.45, 7) is 17.1. The van der Waals surface area contributed by atoms with E-state index in [0.29, 0.717) is 25.6 Å². The van der Waals surface area contributed by atoms with Gasteiger partial charge in [-0.15, -0.1) is 0 Å². The van der Waals surface area contributed by atoms with E-state index in [1.165, 1.54) is 0 Å². The van der Waals surface area contributed by atoms with Crippen LogP contribution in [0, 0.1) is 5.92 Å². The van der Waals surface area contributed by atoms with E-state index >= 15 is 0 Å². The second-order valence-corrected chi connectivity index (χ2v) is 11.9. The quantitative estimate of drug-likeness (QED) is 0.590. The molecule has 200 valence electrons. The summed E-state index contributed by atoms with van der Waals surface area (Å²) >= 11 is 0. The molecule has 0 saturated carbocycles. The number of hydrogen-bond acceptors (Lipinski definition) is 8. The molecule has 0 spiro atoms. The molecule has 0 unspecified atom stereocenters. The van der Waals surface area contributed by atoms with Crippen LogP contribution in [-0.4, -0.2) is 83.5 Å². The van der Waals surface area contributed by atoms with Crippen molar-refractivity contribution in [1.29, 1.82) is 0 Å². The van der Waals surface area contributed by atoms with Crippen molar-refractivity contribution in [2.24, 2.45) is 5.92 Å². The molecule has 3 heterocycles. The Morgan fingerprint density at radius 2 is 1.81 bits per heavy atom. The van der Waals surface area contributed by atoms with Crippen LogP contribution in [0.2, 0.25) is 0 Å². The number of ether oxygens (including phenoxy) is 1. The van der Waals surface area contributed by atoms with Crippen molar-refractivity contribution in [2.45, 2.75) is 91.1 Å². The summed E-state index contributed by atoms with van der Waals surface area (Å²) in [5, 5.41) is 2.65. The van der Waals surface area contributed by atoms with Crippen molar-refractivity contribution in [2.75, 3.05) is 31.6 Å². The maximum Gasteiger partial charge on any atom is 0.498 e. The number of amides is 2. The molecule has 2 saturated heterocycles. The Balaban J connectivity index is 1.53. The lowest BCUT2D eigenvalue weighted by atomic mass is 9.81. The molecule has 2 aliphatic rings. The van der Waals surface area contributed by atoms with E-state index in [4.69, 9.17) is 14.0 Å². The van der Waals surface area contributed by atoms with Gasteiger partial charge in [0.05, 0.1) is 11.2 Å². The summed E-state index contributed by atoms with van der Waals surface area (Å²) in [7, 11) is 1.46. The highest BCUT2D eigenvalue weighted by Crippen LogP contribution is 2.36. The van der Waals surface area contributed by atoms with Gasteiger partial charge >= 0.3 is 13.2 Å². The number of nitrogens with zero attached hydrogens (tertiary/aromatic N) is 4. The van der Waals surface area contributed by atoms with Gasteiger partial charge in [-0.25, -0.2) is 14.8 Å². The highest BCUT2D eigenvalue weighted by Gasteiger charge is 2.52. The molecule has 0 aliphatic carbocycles. The molecule has 0 bridgehead atoms. The Labute approximate surface area is 215 Å². The highest BCUT2D eigenvalue weighted by molar-refractivity contribution is 6.61. The number of alkyl carbamates (subject to hydrolysis) is 1. The van der Waals surface area contributed by atoms with Crippen LogP contribution in [0.3, 0.4) is 0 Å². The van der Waals surface area contributed by atoms with E-state index in [9.17, 15) is 9.59 Å². The van der Waals surface area contributed by atoms with Crippen molar-refractivity contribution < 1.29 is 23.6 Å². The standard InChI is InChI=1S/C25H42BN5O5/c1-17(29-22(33)34-23(2,3)4)20(32)31-12-10-11-18(16-31)15-30(9)21-27-13-19(14-28-21)26-35-24(5,6)25(7,8)36-26/h13-14,17-18H,10-12,15-16H2,1-9H3,(H,29,33)/t17-,18+/m0/s1. The molecule has 2 aliphatic heterocycles. The van der Waals surface area contributed by atoms with Crippen LogP contribution in [0.4, 0.5) is 10.7 Å². The third-order valence-electron chi connectivity index (χ3n) is 6.99. The molecule has 0 aromatic carbocycles. The molecule has 0 radical (unpaired) electrons. The Bertz CT molecular complexity index is 918. The molecule has 10 nitrogen and oxygen atoms in total. The van der Waals surface area contributed by atoms with Gasteiger partial charge in [0.15, 0.2) is 0 Å². The average molecular weight is 503 g/mol. The van der Waals surface area contributed by atoms with E-state index in [1.54, 1.807) is 40.1 Å². The minimum atomic E-state index is -0.651. The first-order valence-corrected chi connectivity index (χ1v) is 12.7. The van der Waals surface area contributed by atoms with Crippen LogP contribution in [0.5, 0.6) is 0 Å². The second-order valence-electron chi connectivity index (χ2n) is 11.9. The van der Waals surface area contributed by atoms with E-state index in [-0.39, 0.29) is 11.8 Å². The number of nitrogens with one attached hydrogen (secondary N) is 1. The maximum absolute atomic E-state index is 12.9. The van der Waals surface area contributed by atoms with Crippen LogP contribution in [0.1, 0.15) is 68.2 Å². The van der Waals surface area contributed by atoms with Crippen molar-refractivity contribution in [3.8, 4) is 0 Å². The average Bonchev–Trinajstić information content (AvgIpc) is 2.99. The lowest BCUT2D eigenvalue weighted by Crippen LogP contribution is -2.51. The third kappa shape index (κ3) is 6.88. The Morgan fingerprint density at radius 3 is 2.36 bits per heavy atom. The van der Waals surface area contributed by atoms with E-state index in [0.717, 1.165) is 18.3 Å². The summed E-state index contributed by atoms with van der Waals surface area (Å²) < 4.78 is 17.4. The summed E-state index contributed by atoms with van der Waals surface area (Å²) in [5.41, 5.74) is -0.667. The molecular formula is C25H42BN5O5. The van der Waals surface area contributed by atoms with Crippen molar-refractivity contribution in [3.05, 3.63) is 12.4 Å². The number of anilines is 1. The van der Waals surface area contributed by atoms with Gasteiger partial charge in [-0.2, -0.15) is 0 Å². The number of carbonyl (C=O) groups excluding carboxylic acids is 2. The highest BCUT2D eigenvalue weighted by atomic mass is 16.7. The van der Waals surface area contributed by atoms with Crippen molar-refractivity contribution in [1.82, 2.24) is 20.2 Å². The zero-order valence-corrected chi connectivity index (χ0v) is 23.3. The monoisotopic (exact) mass is 503 g/mol. The molecule has 11 heteroatoms.